The van der Waals surface area contributed by atoms with Crippen molar-refractivity contribution in [3.63, 3.8) is 0 Å². The lowest BCUT2D eigenvalue weighted by Crippen LogP contribution is -2.12. The number of nitrogens with zero attached hydrogens (tertiary/aromatic N) is 2. The lowest BCUT2D eigenvalue weighted by Gasteiger charge is -2.22. The molecule has 0 aliphatic rings. The van der Waals surface area contributed by atoms with Gasteiger partial charge in [0.2, 0.25) is 0 Å². The Kier molecular flexibility index (Phi) is 5.11. The van der Waals surface area contributed by atoms with Gasteiger partial charge in [-0.2, -0.15) is 5.26 Å². The third-order valence-electron chi connectivity index (χ3n) is 3.29. The standard InChI is InChI=1S/C16H15ClN2O/c17-14-8-13(10-19-11-14)15(6-7-20)16(9-18)12-4-2-1-3-5-12/h1-5,8,10-11,15-16,20H,6-7H2/t15-,16+/m1/s1. The van der Waals surface area contributed by atoms with Crippen LogP contribution in [0.5, 0.6) is 0 Å². The SMILES string of the molecule is N#C[C@@H](c1ccccc1)[C@H](CCO)c1cncc(Cl)c1. The van der Waals surface area contributed by atoms with Crippen LogP contribution in [-0.4, -0.2) is 16.7 Å². The summed E-state index contributed by atoms with van der Waals surface area (Å²) in [5.41, 5.74) is 1.82. The average Bonchev–Trinajstić information content (AvgIpc) is 2.48. The van der Waals surface area contributed by atoms with E-state index in [1.807, 2.05) is 36.4 Å². The normalized spacial score (nSPS) is 13.4. The molecule has 0 radical (unpaired) electrons. The molecule has 0 saturated carbocycles. The molecule has 102 valence electrons. The van der Waals surface area contributed by atoms with Crippen LogP contribution in [0.1, 0.15) is 29.4 Å². The first-order valence-electron chi connectivity index (χ1n) is 6.42. The van der Waals surface area contributed by atoms with Gasteiger partial charge in [0.1, 0.15) is 0 Å². The minimum atomic E-state index is -0.330. The van der Waals surface area contributed by atoms with Crippen LogP contribution in [0.2, 0.25) is 5.02 Å². The van der Waals surface area contributed by atoms with Gasteiger partial charge in [0, 0.05) is 24.9 Å². The number of rotatable bonds is 5. The second kappa shape index (κ2) is 7.04. The van der Waals surface area contributed by atoms with Gasteiger partial charge >= 0.3 is 0 Å². The molecular weight excluding hydrogens is 272 g/mol. The Morgan fingerprint density at radius 3 is 2.55 bits per heavy atom. The number of aliphatic hydroxyl groups is 1. The molecule has 2 aromatic rings. The van der Waals surface area contributed by atoms with Gasteiger partial charge in [-0.3, -0.25) is 4.98 Å². The van der Waals surface area contributed by atoms with Crippen molar-refractivity contribution >= 4 is 11.6 Å². The predicted octanol–water partition coefficient (Wildman–Crippen LogP) is 3.51. The highest BCUT2D eigenvalue weighted by molar-refractivity contribution is 6.30. The Labute approximate surface area is 123 Å². The lowest BCUT2D eigenvalue weighted by atomic mass is 9.81. The van der Waals surface area contributed by atoms with E-state index in [1.54, 1.807) is 12.4 Å². The summed E-state index contributed by atoms with van der Waals surface area (Å²) in [4.78, 5) is 4.07. The number of nitriles is 1. The van der Waals surface area contributed by atoms with Crippen LogP contribution in [0.15, 0.2) is 48.8 Å². The van der Waals surface area contributed by atoms with Gasteiger partial charge in [0.25, 0.3) is 0 Å². The third-order valence-corrected chi connectivity index (χ3v) is 3.50. The minimum Gasteiger partial charge on any atom is -0.396 e. The summed E-state index contributed by atoms with van der Waals surface area (Å²) >= 11 is 5.98. The first-order valence-corrected chi connectivity index (χ1v) is 6.80. The van der Waals surface area contributed by atoms with Crippen molar-refractivity contribution in [2.24, 2.45) is 0 Å². The highest BCUT2D eigenvalue weighted by Gasteiger charge is 2.24. The Hall–Kier alpha value is -1.89. The molecule has 0 bridgehead atoms. The summed E-state index contributed by atoms with van der Waals surface area (Å²) in [6.07, 6.45) is 3.76. The molecule has 3 nitrogen and oxygen atoms in total. The van der Waals surface area contributed by atoms with E-state index in [1.165, 1.54) is 0 Å². The number of hydrogen-bond donors (Lipinski definition) is 1. The first-order chi connectivity index (χ1) is 9.76. The molecule has 0 aliphatic heterocycles. The minimum absolute atomic E-state index is 0.0161. The topological polar surface area (TPSA) is 56.9 Å². The van der Waals surface area contributed by atoms with Gasteiger partial charge in [-0.1, -0.05) is 41.9 Å². The van der Waals surface area contributed by atoms with E-state index >= 15 is 0 Å². The summed E-state index contributed by atoms with van der Waals surface area (Å²) in [5, 5.41) is 19.4. The van der Waals surface area contributed by atoms with Crippen molar-refractivity contribution in [2.75, 3.05) is 6.61 Å². The van der Waals surface area contributed by atoms with Gasteiger partial charge < -0.3 is 5.11 Å². The molecular formula is C16H15ClN2O. The summed E-state index contributed by atoms with van der Waals surface area (Å²) in [6.45, 7) is 0.0161. The molecule has 1 aromatic heterocycles. The van der Waals surface area contributed by atoms with E-state index in [0.717, 1.165) is 11.1 Å². The highest BCUT2D eigenvalue weighted by atomic mass is 35.5. The fourth-order valence-electron chi connectivity index (χ4n) is 2.35. The molecule has 2 rings (SSSR count). The number of pyridine rings is 1. The Balaban J connectivity index is 2.39. The third kappa shape index (κ3) is 3.36. The molecule has 4 heteroatoms. The fraction of sp³-hybridized carbons (Fsp3) is 0.250. The van der Waals surface area contributed by atoms with E-state index in [0.29, 0.717) is 11.4 Å². The highest BCUT2D eigenvalue weighted by Crippen LogP contribution is 2.35. The van der Waals surface area contributed by atoms with Crippen LogP contribution in [0, 0.1) is 11.3 Å². The molecule has 0 saturated heterocycles. The summed E-state index contributed by atoms with van der Waals surface area (Å²) in [6, 6.07) is 13.7. The van der Waals surface area contributed by atoms with Crippen molar-refractivity contribution in [3.05, 3.63) is 64.9 Å². The largest absolute Gasteiger partial charge is 0.396 e. The second-order valence-corrected chi connectivity index (χ2v) is 5.01. The molecule has 0 unspecified atom stereocenters. The zero-order valence-electron chi connectivity index (χ0n) is 10.9. The summed E-state index contributed by atoms with van der Waals surface area (Å²) in [5.74, 6) is -0.456. The van der Waals surface area contributed by atoms with E-state index in [4.69, 9.17) is 11.6 Å². The molecule has 0 aliphatic carbocycles. The quantitative estimate of drug-likeness (QED) is 0.915. The fourth-order valence-corrected chi connectivity index (χ4v) is 2.54. The number of halogens is 1. The van der Waals surface area contributed by atoms with E-state index in [9.17, 15) is 10.4 Å². The Morgan fingerprint density at radius 1 is 1.20 bits per heavy atom. The van der Waals surface area contributed by atoms with Crippen molar-refractivity contribution in [1.82, 2.24) is 4.98 Å². The molecule has 0 fully saturated rings. The maximum absolute atomic E-state index is 9.52. The number of hydrogen-bond acceptors (Lipinski definition) is 3. The van der Waals surface area contributed by atoms with Crippen molar-refractivity contribution < 1.29 is 5.11 Å². The predicted molar refractivity (Wildman–Crippen MR) is 78.5 cm³/mol. The van der Waals surface area contributed by atoms with Crippen molar-refractivity contribution in [2.45, 2.75) is 18.3 Å². The van der Waals surface area contributed by atoms with Crippen molar-refractivity contribution in [3.8, 4) is 6.07 Å². The van der Waals surface area contributed by atoms with Gasteiger partial charge in [0.05, 0.1) is 17.0 Å². The van der Waals surface area contributed by atoms with E-state index in [-0.39, 0.29) is 18.4 Å². The molecule has 1 heterocycles. The first kappa shape index (κ1) is 14.5. The van der Waals surface area contributed by atoms with E-state index in [2.05, 4.69) is 11.1 Å². The number of aromatic nitrogens is 1. The van der Waals surface area contributed by atoms with Crippen LogP contribution in [0.3, 0.4) is 0 Å². The maximum atomic E-state index is 9.52. The molecule has 1 N–H and O–H groups in total. The van der Waals surface area contributed by atoms with Crippen LogP contribution in [0.25, 0.3) is 0 Å². The Bertz CT molecular complexity index is 595. The summed E-state index contributed by atoms with van der Waals surface area (Å²) in [7, 11) is 0. The van der Waals surface area contributed by atoms with Crippen LogP contribution >= 0.6 is 11.6 Å². The van der Waals surface area contributed by atoms with Gasteiger partial charge in [-0.05, 0) is 23.6 Å². The molecule has 2 atom stereocenters. The zero-order valence-corrected chi connectivity index (χ0v) is 11.7. The molecule has 20 heavy (non-hydrogen) atoms. The van der Waals surface area contributed by atoms with Gasteiger partial charge in [-0.25, -0.2) is 0 Å². The maximum Gasteiger partial charge on any atom is 0.0782 e. The lowest BCUT2D eigenvalue weighted by molar-refractivity contribution is 0.272. The Morgan fingerprint density at radius 2 is 1.95 bits per heavy atom. The molecule has 1 aromatic carbocycles. The zero-order chi connectivity index (χ0) is 14.4. The average molecular weight is 287 g/mol. The van der Waals surface area contributed by atoms with Gasteiger partial charge in [-0.15, -0.1) is 0 Å². The molecule has 0 amide bonds. The summed E-state index contributed by atoms with van der Waals surface area (Å²) < 4.78 is 0. The second-order valence-electron chi connectivity index (χ2n) is 4.57. The van der Waals surface area contributed by atoms with Crippen LogP contribution < -0.4 is 0 Å². The van der Waals surface area contributed by atoms with Crippen LogP contribution in [0.4, 0.5) is 0 Å². The number of aliphatic hydroxyl groups excluding tert-OH is 1. The smallest absolute Gasteiger partial charge is 0.0782 e. The van der Waals surface area contributed by atoms with E-state index < -0.39 is 0 Å². The van der Waals surface area contributed by atoms with Crippen molar-refractivity contribution in [1.29, 1.82) is 5.26 Å². The van der Waals surface area contributed by atoms with Gasteiger partial charge in [0.15, 0.2) is 0 Å². The molecule has 0 spiro atoms. The number of benzene rings is 1. The monoisotopic (exact) mass is 286 g/mol. The van der Waals surface area contributed by atoms with Crippen LogP contribution in [-0.2, 0) is 0 Å².